The van der Waals surface area contributed by atoms with Gasteiger partial charge in [0.05, 0.1) is 17.4 Å². The average molecular weight is 399 g/mol. The summed E-state index contributed by atoms with van der Waals surface area (Å²) in [5.41, 5.74) is 1.65. The standard InChI is InChI=1S/C20H18FN3O3S/c1-14-9-17(13-22-11-14)24-28(26,27)19-8-3-2-7-18(19)20(25)23-12-15-5-4-6-16(21)10-15/h2-11,13,24H,12H2,1H3,(H,23,25). The van der Waals surface area contributed by atoms with Crippen LogP contribution in [0.3, 0.4) is 0 Å². The van der Waals surface area contributed by atoms with Crippen molar-refractivity contribution >= 4 is 21.6 Å². The highest BCUT2D eigenvalue weighted by Crippen LogP contribution is 2.20. The minimum atomic E-state index is -4.01. The Balaban J connectivity index is 1.82. The number of hydrogen-bond acceptors (Lipinski definition) is 4. The fourth-order valence-corrected chi connectivity index (χ4v) is 3.87. The number of halogens is 1. The number of pyridine rings is 1. The summed E-state index contributed by atoms with van der Waals surface area (Å²) in [5.74, 6) is -0.988. The van der Waals surface area contributed by atoms with Crippen LogP contribution in [-0.2, 0) is 16.6 Å². The molecule has 28 heavy (non-hydrogen) atoms. The molecule has 0 radical (unpaired) electrons. The molecule has 0 saturated carbocycles. The Hall–Kier alpha value is -3.26. The molecule has 1 amide bonds. The smallest absolute Gasteiger partial charge is 0.262 e. The zero-order chi connectivity index (χ0) is 20.1. The van der Waals surface area contributed by atoms with Crippen LogP contribution in [0.15, 0.2) is 71.9 Å². The van der Waals surface area contributed by atoms with Crippen molar-refractivity contribution in [1.29, 1.82) is 0 Å². The molecule has 0 saturated heterocycles. The highest BCUT2D eigenvalue weighted by Gasteiger charge is 2.22. The highest BCUT2D eigenvalue weighted by molar-refractivity contribution is 7.92. The van der Waals surface area contributed by atoms with Crippen LogP contribution in [0.25, 0.3) is 0 Å². The van der Waals surface area contributed by atoms with E-state index in [0.29, 0.717) is 11.3 Å². The lowest BCUT2D eigenvalue weighted by atomic mass is 10.2. The van der Waals surface area contributed by atoms with Crippen LogP contribution in [0.2, 0.25) is 0 Å². The molecule has 144 valence electrons. The fraction of sp³-hybridized carbons (Fsp3) is 0.100. The predicted molar refractivity (Wildman–Crippen MR) is 104 cm³/mol. The number of sulfonamides is 1. The first kappa shape index (κ1) is 19.5. The predicted octanol–water partition coefficient (Wildman–Crippen LogP) is 3.26. The molecule has 0 unspecified atom stereocenters. The molecule has 2 aromatic carbocycles. The number of aryl methyl sites for hydroxylation is 1. The van der Waals surface area contributed by atoms with Crippen LogP contribution < -0.4 is 10.0 Å². The van der Waals surface area contributed by atoms with Gasteiger partial charge in [0, 0.05) is 12.7 Å². The first-order valence-electron chi connectivity index (χ1n) is 8.41. The zero-order valence-electron chi connectivity index (χ0n) is 15.0. The summed E-state index contributed by atoms with van der Waals surface area (Å²) in [7, 11) is -4.01. The van der Waals surface area contributed by atoms with E-state index >= 15 is 0 Å². The highest BCUT2D eigenvalue weighted by atomic mass is 32.2. The van der Waals surface area contributed by atoms with Crippen molar-refractivity contribution in [3.63, 3.8) is 0 Å². The van der Waals surface area contributed by atoms with E-state index in [9.17, 15) is 17.6 Å². The molecule has 0 atom stereocenters. The van der Waals surface area contributed by atoms with Gasteiger partial charge in [0.25, 0.3) is 15.9 Å². The van der Waals surface area contributed by atoms with E-state index in [1.165, 1.54) is 42.6 Å². The summed E-state index contributed by atoms with van der Waals surface area (Å²) in [5, 5.41) is 2.62. The van der Waals surface area contributed by atoms with Gasteiger partial charge < -0.3 is 5.32 Å². The second-order valence-corrected chi connectivity index (χ2v) is 7.82. The normalized spacial score (nSPS) is 11.1. The van der Waals surface area contributed by atoms with Crippen molar-refractivity contribution in [2.45, 2.75) is 18.4 Å². The Morgan fingerprint density at radius 2 is 1.86 bits per heavy atom. The number of nitrogens with one attached hydrogen (secondary N) is 2. The lowest BCUT2D eigenvalue weighted by Crippen LogP contribution is -2.26. The third-order valence-corrected chi connectivity index (χ3v) is 5.33. The van der Waals surface area contributed by atoms with E-state index in [2.05, 4.69) is 15.0 Å². The molecule has 3 rings (SSSR count). The average Bonchev–Trinajstić information content (AvgIpc) is 2.66. The zero-order valence-corrected chi connectivity index (χ0v) is 15.8. The van der Waals surface area contributed by atoms with Gasteiger partial charge in [0.2, 0.25) is 0 Å². The van der Waals surface area contributed by atoms with Crippen LogP contribution in [0.5, 0.6) is 0 Å². The minimum absolute atomic E-state index is 0.00739. The molecular weight excluding hydrogens is 381 g/mol. The van der Waals surface area contributed by atoms with E-state index in [0.717, 1.165) is 5.56 Å². The van der Waals surface area contributed by atoms with Crippen LogP contribution in [0.4, 0.5) is 10.1 Å². The van der Waals surface area contributed by atoms with Gasteiger partial charge in [-0.05, 0) is 48.4 Å². The number of carbonyl (C=O) groups excluding carboxylic acids is 1. The topological polar surface area (TPSA) is 88.2 Å². The van der Waals surface area contributed by atoms with E-state index in [1.54, 1.807) is 31.3 Å². The number of carbonyl (C=O) groups is 1. The summed E-state index contributed by atoms with van der Waals surface area (Å²) in [6.07, 6.45) is 2.99. The van der Waals surface area contributed by atoms with Gasteiger partial charge in [-0.3, -0.25) is 14.5 Å². The van der Waals surface area contributed by atoms with Gasteiger partial charge in [0.15, 0.2) is 0 Å². The van der Waals surface area contributed by atoms with Crippen molar-refractivity contribution in [2.24, 2.45) is 0 Å². The maximum absolute atomic E-state index is 13.3. The Morgan fingerprint density at radius 3 is 2.61 bits per heavy atom. The van der Waals surface area contributed by atoms with Gasteiger partial charge in [-0.25, -0.2) is 12.8 Å². The molecule has 0 spiro atoms. The maximum Gasteiger partial charge on any atom is 0.262 e. The lowest BCUT2D eigenvalue weighted by Gasteiger charge is -2.13. The second-order valence-electron chi connectivity index (χ2n) is 6.17. The summed E-state index contributed by atoms with van der Waals surface area (Å²) in [4.78, 5) is 16.4. The number of benzene rings is 2. The second kappa shape index (κ2) is 8.18. The molecule has 6 nitrogen and oxygen atoms in total. The monoisotopic (exact) mass is 399 g/mol. The Labute approximate surface area is 162 Å². The molecule has 1 aromatic heterocycles. The summed E-state index contributed by atoms with van der Waals surface area (Å²) < 4.78 is 41.3. The summed E-state index contributed by atoms with van der Waals surface area (Å²) >= 11 is 0. The fourth-order valence-electron chi connectivity index (χ4n) is 2.63. The number of rotatable bonds is 6. The molecule has 0 bridgehead atoms. The van der Waals surface area contributed by atoms with Crippen molar-refractivity contribution in [3.05, 3.63) is 89.5 Å². The third kappa shape index (κ3) is 4.72. The van der Waals surface area contributed by atoms with Gasteiger partial charge >= 0.3 is 0 Å². The van der Waals surface area contributed by atoms with Crippen LogP contribution in [-0.4, -0.2) is 19.3 Å². The van der Waals surface area contributed by atoms with Crippen LogP contribution in [0, 0.1) is 12.7 Å². The Morgan fingerprint density at radius 1 is 1.07 bits per heavy atom. The first-order chi connectivity index (χ1) is 13.3. The maximum atomic E-state index is 13.3. The molecule has 0 aliphatic carbocycles. The van der Waals surface area contributed by atoms with Gasteiger partial charge in [0.1, 0.15) is 10.7 Å². The van der Waals surface area contributed by atoms with Crippen molar-refractivity contribution in [3.8, 4) is 0 Å². The van der Waals surface area contributed by atoms with Crippen molar-refractivity contribution in [2.75, 3.05) is 4.72 Å². The van der Waals surface area contributed by atoms with Gasteiger partial charge in [-0.2, -0.15) is 0 Å². The number of anilines is 1. The Kier molecular flexibility index (Phi) is 5.70. The molecule has 1 heterocycles. The van der Waals surface area contributed by atoms with Gasteiger partial charge in [-0.1, -0.05) is 24.3 Å². The third-order valence-electron chi connectivity index (χ3n) is 3.89. The van der Waals surface area contributed by atoms with Gasteiger partial charge in [-0.15, -0.1) is 0 Å². The first-order valence-corrected chi connectivity index (χ1v) is 9.89. The lowest BCUT2D eigenvalue weighted by molar-refractivity contribution is 0.0947. The molecule has 0 aliphatic rings. The quantitative estimate of drug-likeness (QED) is 0.666. The number of hydrogen-bond donors (Lipinski definition) is 2. The molecule has 2 N–H and O–H groups in total. The van der Waals surface area contributed by atoms with E-state index in [1.807, 2.05) is 0 Å². The molecular formula is C20H18FN3O3S. The molecule has 0 fully saturated rings. The molecule has 8 heteroatoms. The van der Waals surface area contributed by atoms with Crippen molar-refractivity contribution in [1.82, 2.24) is 10.3 Å². The largest absolute Gasteiger partial charge is 0.348 e. The van der Waals surface area contributed by atoms with Crippen molar-refractivity contribution < 1.29 is 17.6 Å². The number of amides is 1. The molecule has 3 aromatic rings. The van der Waals surface area contributed by atoms with Crippen LogP contribution in [0.1, 0.15) is 21.5 Å². The van der Waals surface area contributed by atoms with Crippen LogP contribution >= 0.6 is 0 Å². The number of nitrogens with zero attached hydrogens (tertiary/aromatic N) is 1. The number of aromatic nitrogens is 1. The molecule has 0 aliphatic heterocycles. The summed E-state index contributed by atoms with van der Waals surface area (Å²) in [6, 6.07) is 13.3. The minimum Gasteiger partial charge on any atom is -0.348 e. The van der Waals surface area contributed by atoms with E-state index in [4.69, 9.17) is 0 Å². The summed E-state index contributed by atoms with van der Waals surface area (Å²) in [6.45, 7) is 1.86. The SMILES string of the molecule is Cc1cncc(NS(=O)(=O)c2ccccc2C(=O)NCc2cccc(F)c2)c1. The Bertz CT molecular complexity index is 1120. The van der Waals surface area contributed by atoms with E-state index < -0.39 is 21.7 Å². The van der Waals surface area contributed by atoms with E-state index in [-0.39, 0.29) is 17.0 Å².